The molecule has 0 amide bonds. The summed E-state index contributed by atoms with van der Waals surface area (Å²) in [6, 6.07) is 1.93. The summed E-state index contributed by atoms with van der Waals surface area (Å²) in [5.74, 6) is 1.60. The van der Waals surface area contributed by atoms with Gasteiger partial charge in [-0.25, -0.2) is 4.98 Å². The van der Waals surface area contributed by atoms with E-state index in [1.54, 1.807) is 5.57 Å². The molecule has 6 heteroatoms. The molecule has 0 radical (unpaired) electrons. The van der Waals surface area contributed by atoms with Crippen molar-refractivity contribution in [3.63, 3.8) is 0 Å². The molecule has 132 valence electrons. The summed E-state index contributed by atoms with van der Waals surface area (Å²) in [7, 11) is 0. The lowest BCUT2D eigenvalue weighted by molar-refractivity contribution is 0.0398. The van der Waals surface area contributed by atoms with Gasteiger partial charge in [0.2, 0.25) is 5.95 Å². The normalized spacial score (nSPS) is 18.9. The fraction of sp³-hybridized carbons (Fsp3) is 0.667. The third-order valence-electron chi connectivity index (χ3n) is 4.61. The smallest absolute Gasteiger partial charge is 0.224 e. The van der Waals surface area contributed by atoms with E-state index >= 15 is 0 Å². The lowest BCUT2D eigenvalue weighted by Gasteiger charge is -2.26. The molecule has 0 saturated carbocycles. The van der Waals surface area contributed by atoms with Gasteiger partial charge in [-0.2, -0.15) is 4.98 Å². The van der Waals surface area contributed by atoms with Crippen molar-refractivity contribution in [1.82, 2.24) is 14.9 Å². The Morgan fingerprint density at radius 1 is 1.12 bits per heavy atom. The van der Waals surface area contributed by atoms with Crippen molar-refractivity contribution in [3.8, 4) is 0 Å². The van der Waals surface area contributed by atoms with Gasteiger partial charge in [0.05, 0.1) is 13.2 Å². The fourth-order valence-electron chi connectivity index (χ4n) is 3.18. The van der Waals surface area contributed by atoms with Crippen LogP contribution >= 0.6 is 0 Å². The van der Waals surface area contributed by atoms with Crippen LogP contribution in [0.3, 0.4) is 0 Å². The summed E-state index contributed by atoms with van der Waals surface area (Å²) < 4.78 is 5.36. The van der Waals surface area contributed by atoms with Gasteiger partial charge in [-0.1, -0.05) is 11.6 Å². The van der Waals surface area contributed by atoms with E-state index in [9.17, 15) is 0 Å². The molecular weight excluding hydrogens is 302 g/mol. The second-order valence-corrected chi connectivity index (χ2v) is 6.43. The Bertz CT molecular complexity index is 528. The SMILES string of the molecule is C1=C(CCNc2ccnc(NCCN3CCOCC3)n2)CCCC1. The van der Waals surface area contributed by atoms with Crippen molar-refractivity contribution in [2.75, 3.05) is 56.6 Å². The summed E-state index contributed by atoms with van der Waals surface area (Å²) in [6.07, 6.45) is 10.5. The highest BCUT2D eigenvalue weighted by atomic mass is 16.5. The number of hydrogen-bond donors (Lipinski definition) is 2. The second kappa shape index (κ2) is 9.59. The van der Waals surface area contributed by atoms with Crippen LogP contribution in [0.25, 0.3) is 0 Å². The summed E-state index contributed by atoms with van der Waals surface area (Å²) in [5, 5.41) is 6.73. The number of hydrogen-bond acceptors (Lipinski definition) is 6. The number of allylic oxidation sites excluding steroid dienone is 1. The Morgan fingerprint density at radius 3 is 2.88 bits per heavy atom. The minimum absolute atomic E-state index is 0.699. The Labute approximate surface area is 144 Å². The molecule has 2 heterocycles. The maximum absolute atomic E-state index is 5.36. The van der Waals surface area contributed by atoms with Crippen molar-refractivity contribution < 1.29 is 4.74 Å². The quantitative estimate of drug-likeness (QED) is 0.714. The molecule has 1 aliphatic carbocycles. The van der Waals surface area contributed by atoms with Gasteiger partial charge in [-0.15, -0.1) is 0 Å². The van der Waals surface area contributed by atoms with E-state index in [-0.39, 0.29) is 0 Å². The highest BCUT2D eigenvalue weighted by Crippen LogP contribution is 2.20. The monoisotopic (exact) mass is 331 g/mol. The standard InChI is InChI=1S/C18H29N5O/c1-2-4-16(5-3-1)6-8-19-17-7-9-20-18(22-17)21-10-11-23-12-14-24-15-13-23/h4,7,9H,1-3,5-6,8,10-15H2,(H2,19,20,21,22). The molecule has 0 unspecified atom stereocenters. The number of nitrogens with zero attached hydrogens (tertiary/aromatic N) is 3. The van der Waals surface area contributed by atoms with Gasteiger partial charge in [0.1, 0.15) is 5.82 Å². The Balaban J connectivity index is 1.37. The number of rotatable bonds is 8. The molecule has 1 saturated heterocycles. The van der Waals surface area contributed by atoms with E-state index in [1.165, 1.54) is 25.7 Å². The molecule has 24 heavy (non-hydrogen) atoms. The van der Waals surface area contributed by atoms with Crippen molar-refractivity contribution in [2.24, 2.45) is 0 Å². The van der Waals surface area contributed by atoms with Crippen LogP contribution < -0.4 is 10.6 Å². The second-order valence-electron chi connectivity index (χ2n) is 6.43. The molecule has 0 spiro atoms. The molecule has 1 aliphatic heterocycles. The van der Waals surface area contributed by atoms with Gasteiger partial charge < -0.3 is 15.4 Å². The van der Waals surface area contributed by atoms with Crippen molar-refractivity contribution in [1.29, 1.82) is 0 Å². The van der Waals surface area contributed by atoms with Crippen LogP contribution in [0.1, 0.15) is 32.1 Å². The summed E-state index contributed by atoms with van der Waals surface area (Å²) in [6.45, 7) is 6.50. The molecule has 2 N–H and O–H groups in total. The number of morpholine rings is 1. The van der Waals surface area contributed by atoms with Crippen LogP contribution in [-0.2, 0) is 4.74 Å². The highest BCUT2D eigenvalue weighted by molar-refractivity contribution is 5.39. The van der Waals surface area contributed by atoms with Crippen LogP contribution in [0.2, 0.25) is 0 Å². The van der Waals surface area contributed by atoms with Gasteiger partial charge in [-0.05, 0) is 38.2 Å². The minimum atomic E-state index is 0.699. The first-order valence-electron chi connectivity index (χ1n) is 9.19. The number of nitrogens with one attached hydrogen (secondary N) is 2. The summed E-state index contributed by atoms with van der Waals surface area (Å²) >= 11 is 0. The molecule has 2 aliphatic rings. The zero-order valence-corrected chi connectivity index (χ0v) is 14.5. The molecule has 1 fully saturated rings. The minimum Gasteiger partial charge on any atom is -0.379 e. The lowest BCUT2D eigenvalue weighted by Crippen LogP contribution is -2.39. The van der Waals surface area contributed by atoms with E-state index in [1.807, 2.05) is 12.3 Å². The average molecular weight is 331 g/mol. The van der Waals surface area contributed by atoms with Gasteiger partial charge in [0.25, 0.3) is 0 Å². The molecule has 1 aromatic rings. The first-order valence-corrected chi connectivity index (χ1v) is 9.19. The molecule has 6 nitrogen and oxygen atoms in total. The zero-order valence-electron chi connectivity index (χ0n) is 14.5. The number of aromatic nitrogens is 2. The van der Waals surface area contributed by atoms with Crippen molar-refractivity contribution in [3.05, 3.63) is 23.9 Å². The van der Waals surface area contributed by atoms with Crippen LogP contribution in [0.15, 0.2) is 23.9 Å². The van der Waals surface area contributed by atoms with Gasteiger partial charge in [-0.3, -0.25) is 4.90 Å². The van der Waals surface area contributed by atoms with E-state index < -0.39 is 0 Å². The Kier molecular flexibility index (Phi) is 6.86. The van der Waals surface area contributed by atoms with Gasteiger partial charge >= 0.3 is 0 Å². The van der Waals surface area contributed by atoms with Gasteiger partial charge in [0, 0.05) is 38.9 Å². The number of ether oxygens (including phenoxy) is 1. The average Bonchev–Trinajstić information content (AvgIpc) is 2.64. The van der Waals surface area contributed by atoms with E-state index in [0.29, 0.717) is 5.95 Å². The topological polar surface area (TPSA) is 62.3 Å². The molecule has 1 aromatic heterocycles. The fourth-order valence-corrected chi connectivity index (χ4v) is 3.18. The van der Waals surface area contributed by atoms with Crippen LogP contribution in [-0.4, -0.2) is 60.8 Å². The van der Waals surface area contributed by atoms with Crippen molar-refractivity contribution >= 4 is 11.8 Å². The van der Waals surface area contributed by atoms with Crippen LogP contribution in [0.5, 0.6) is 0 Å². The largest absolute Gasteiger partial charge is 0.379 e. The third-order valence-corrected chi connectivity index (χ3v) is 4.61. The summed E-state index contributed by atoms with van der Waals surface area (Å²) in [5.41, 5.74) is 1.59. The molecular formula is C18H29N5O. The molecule has 0 aromatic carbocycles. The van der Waals surface area contributed by atoms with E-state index in [2.05, 4.69) is 31.6 Å². The van der Waals surface area contributed by atoms with Gasteiger partial charge in [0.15, 0.2) is 0 Å². The molecule has 0 bridgehead atoms. The first-order chi connectivity index (χ1) is 11.9. The van der Waals surface area contributed by atoms with Crippen molar-refractivity contribution in [2.45, 2.75) is 32.1 Å². The Hall–Kier alpha value is -1.66. The molecule has 0 atom stereocenters. The predicted molar refractivity (Wildman–Crippen MR) is 97.4 cm³/mol. The van der Waals surface area contributed by atoms with E-state index in [0.717, 1.165) is 58.2 Å². The molecule has 3 rings (SSSR count). The maximum Gasteiger partial charge on any atom is 0.224 e. The lowest BCUT2D eigenvalue weighted by atomic mass is 9.97. The predicted octanol–water partition coefficient (Wildman–Crippen LogP) is 2.52. The Morgan fingerprint density at radius 2 is 2.04 bits per heavy atom. The number of anilines is 2. The maximum atomic E-state index is 5.36. The zero-order chi connectivity index (χ0) is 16.5. The van der Waals surface area contributed by atoms with Crippen LogP contribution in [0.4, 0.5) is 11.8 Å². The highest BCUT2D eigenvalue weighted by Gasteiger charge is 2.09. The van der Waals surface area contributed by atoms with E-state index in [4.69, 9.17) is 4.74 Å². The third kappa shape index (κ3) is 5.76. The first kappa shape index (κ1) is 17.2. The summed E-state index contributed by atoms with van der Waals surface area (Å²) in [4.78, 5) is 11.2. The van der Waals surface area contributed by atoms with Crippen LogP contribution in [0, 0.1) is 0 Å².